The Balaban J connectivity index is 2.48. The van der Waals surface area contributed by atoms with Crippen LogP contribution >= 0.6 is 0 Å². The largest absolute Gasteiger partial charge is 0.339 e. The van der Waals surface area contributed by atoms with Crippen molar-refractivity contribution in [1.29, 1.82) is 0 Å². The van der Waals surface area contributed by atoms with Gasteiger partial charge >= 0.3 is 0 Å². The summed E-state index contributed by atoms with van der Waals surface area (Å²) in [5.41, 5.74) is 6.52. The summed E-state index contributed by atoms with van der Waals surface area (Å²) in [5, 5.41) is 0. The highest BCUT2D eigenvalue weighted by Crippen LogP contribution is 2.29. The second-order valence-electron chi connectivity index (χ2n) is 5.57. The van der Waals surface area contributed by atoms with Gasteiger partial charge in [-0.2, -0.15) is 0 Å². The van der Waals surface area contributed by atoms with Crippen molar-refractivity contribution in [1.82, 2.24) is 0 Å². The third-order valence-electron chi connectivity index (χ3n) is 3.56. The van der Waals surface area contributed by atoms with Gasteiger partial charge in [-0.25, -0.2) is 0 Å². The van der Waals surface area contributed by atoms with Gasteiger partial charge in [-0.1, -0.05) is 18.2 Å². The maximum atomic E-state index is 2.39. The van der Waals surface area contributed by atoms with Crippen LogP contribution in [-0.4, -0.2) is 6.04 Å². The summed E-state index contributed by atoms with van der Waals surface area (Å²) < 4.78 is 0. The molecule has 0 saturated heterocycles. The second-order valence-corrected chi connectivity index (χ2v) is 5.57. The zero-order valence-corrected chi connectivity index (χ0v) is 12.6. The lowest BCUT2D eigenvalue weighted by Crippen LogP contribution is -2.25. The van der Waals surface area contributed by atoms with E-state index in [9.17, 15) is 0 Å². The summed E-state index contributed by atoms with van der Waals surface area (Å²) in [6, 6.07) is 15.8. The molecule has 0 amide bonds. The lowest BCUT2D eigenvalue weighted by molar-refractivity contribution is 0.788. The van der Waals surface area contributed by atoms with Gasteiger partial charge in [-0.05, 0) is 75.6 Å². The first kappa shape index (κ1) is 13.7. The highest BCUT2D eigenvalue weighted by molar-refractivity contribution is 5.65. The van der Waals surface area contributed by atoms with Gasteiger partial charge in [0.25, 0.3) is 0 Å². The molecular weight excluding hydrogens is 230 g/mol. The summed E-state index contributed by atoms with van der Waals surface area (Å²) in [4.78, 5) is 2.39. The Bertz CT molecular complexity index is 570. The van der Waals surface area contributed by atoms with E-state index in [-0.39, 0.29) is 0 Å². The molecule has 2 rings (SSSR count). The molecule has 0 aromatic heterocycles. The van der Waals surface area contributed by atoms with Crippen molar-refractivity contribution in [2.45, 2.75) is 40.7 Å². The molecule has 0 aliphatic carbocycles. The second kappa shape index (κ2) is 5.48. The van der Waals surface area contributed by atoms with Crippen LogP contribution in [0, 0.1) is 20.8 Å². The number of hydrogen-bond donors (Lipinski definition) is 0. The normalized spacial score (nSPS) is 10.8. The first-order chi connectivity index (χ1) is 8.99. The summed E-state index contributed by atoms with van der Waals surface area (Å²) >= 11 is 0. The summed E-state index contributed by atoms with van der Waals surface area (Å²) in [7, 11) is 0. The Morgan fingerprint density at radius 1 is 0.789 bits per heavy atom. The van der Waals surface area contributed by atoms with E-state index in [0.717, 1.165) is 0 Å². The number of rotatable bonds is 3. The zero-order valence-electron chi connectivity index (χ0n) is 12.6. The first-order valence-corrected chi connectivity index (χ1v) is 6.92. The van der Waals surface area contributed by atoms with Gasteiger partial charge in [0.15, 0.2) is 0 Å². The lowest BCUT2D eigenvalue weighted by atomic mass is 10.1. The number of nitrogens with zero attached hydrogens (tertiary/aromatic N) is 1. The van der Waals surface area contributed by atoms with Crippen molar-refractivity contribution >= 4 is 11.4 Å². The van der Waals surface area contributed by atoms with Crippen LogP contribution in [0.2, 0.25) is 0 Å². The maximum absolute atomic E-state index is 2.39. The summed E-state index contributed by atoms with van der Waals surface area (Å²) in [5.74, 6) is 0. The summed E-state index contributed by atoms with van der Waals surface area (Å²) in [6.07, 6.45) is 0. The first-order valence-electron chi connectivity index (χ1n) is 6.92. The predicted molar refractivity (Wildman–Crippen MR) is 84.4 cm³/mol. The van der Waals surface area contributed by atoms with Crippen LogP contribution in [0.4, 0.5) is 11.4 Å². The van der Waals surface area contributed by atoms with Crippen LogP contribution in [-0.2, 0) is 0 Å². The van der Waals surface area contributed by atoms with E-state index in [4.69, 9.17) is 0 Å². The molecule has 0 heterocycles. The molecule has 1 heteroatoms. The molecule has 0 aliphatic heterocycles. The van der Waals surface area contributed by atoms with E-state index in [1.807, 2.05) is 0 Å². The molecule has 0 fully saturated rings. The molecular formula is C18H23N. The van der Waals surface area contributed by atoms with Crippen LogP contribution in [0.1, 0.15) is 30.5 Å². The average molecular weight is 253 g/mol. The van der Waals surface area contributed by atoms with Gasteiger partial charge in [0.2, 0.25) is 0 Å². The molecule has 0 bridgehead atoms. The predicted octanol–water partition coefficient (Wildman–Crippen LogP) is 5.16. The van der Waals surface area contributed by atoms with Crippen molar-refractivity contribution in [3.63, 3.8) is 0 Å². The molecule has 0 aliphatic rings. The average Bonchev–Trinajstić information content (AvgIpc) is 2.33. The molecule has 0 spiro atoms. The van der Waals surface area contributed by atoms with Crippen molar-refractivity contribution < 1.29 is 0 Å². The molecule has 0 unspecified atom stereocenters. The highest BCUT2D eigenvalue weighted by atomic mass is 15.2. The van der Waals surface area contributed by atoms with E-state index in [1.54, 1.807) is 0 Å². The molecule has 0 saturated carbocycles. The monoisotopic (exact) mass is 253 g/mol. The smallest absolute Gasteiger partial charge is 0.0416 e. The minimum atomic E-state index is 0.434. The van der Waals surface area contributed by atoms with E-state index in [2.05, 4.69) is 82.0 Å². The van der Waals surface area contributed by atoms with Gasteiger partial charge in [0.05, 0.1) is 0 Å². The van der Waals surface area contributed by atoms with Crippen LogP contribution in [0.5, 0.6) is 0 Å². The number of benzene rings is 2. The number of aryl methyl sites for hydroxylation is 3. The van der Waals surface area contributed by atoms with Gasteiger partial charge < -0.3 is 4.90 Å². The topological polar surface area (TPSA) is 3.24 Å². The highest BCUT2D eigenvalue weighted by Gasteiger charge is 2.13. The third-order valence-corrected chi connectivity index (χ3v) is 3.56. The third kappa shape index (κ3) is 2.98. The fraction of sp³-hybridized carbons (Fsp3) is 0.333. The molecule has 0 atom stereocenters. The molecule has 100 valence electrons. The van der Waals surface area contributed by atoms with Crippen molar-refractivity contribution in [3.05, 3.63) is 59.2 Å². The van der Waals surface area contributed by atoms with Gasteiger partial charge in [0.1, 0.15) is 0 Å². The molecule has 2 aromatic rings. The van der Waals surface area contributed by atoms with E-state index < -0.39 is 0 Å². The minimum absolute atomic E-state index is 0.434. The van der Waals surface area contributed by atoms with E-state index in [0.29, 0.717) is 6.04 Å². The van der Waals surface area contributed by atoms with Gasteiger partial charge in [-0.3, -0.25) is 0 Å². The van der Waals surface area contributed by atoms with Crippen LogP contribution in [0.25, 0.3) is 0 Å². The minimum Gasteiger partial charge on any atom is -0.339 e. The fourth-order valence-electron chi connectivity index (χ4n) is 2.40. The van der Waals surface area contributed by atoms with Crippen LogP contribution < -0.4 is 4.90 Å². The Morgan fingerprint density at radius 2 is 1.47 bits per heavy atom. The number of anilines is 2. The summed E-state index contributed by atoms with van der Waals surface area (Å²) in [6.45, 7) is 10.9. The maximum Gasteiger partial charge on any atom is 0.0416 e. The van der Waals surface area contributed by atoms with Crippen LogP contribution in [0.3, 0.4) is 0 Å². The fourth-order valence-corrected chi connectivity index (χ4v) is 2.40. The van der Waals surface area contributed by atoms with Crippen molar-refractivity contribution in [3.8, 4) is 0 Å². The Hall–Kier alpha value is -1.76. The molecule has 2 aromatic carbocycles. The standard InChI is InChI=1S/C18H23N/c1-13(2)19(17-8-6-7-14(3)11-17)18-10-9-15(4)16(5)12-18/h6-13H,1-5H3. The Kier molecular flexibility index (Phi) is 3.94. The molecule has 0 N–H and O–H groups in total. The van der Waals surface area contributed by atoms with Crippen LogP contribution in [0.15, 0.2) is 42.5 Å². The van der Waals surface area contributed by atoms with Gasteiger partial charge in [-0.15, -0.1) is 0 Å². The van der Waals surface area contributed by atoms with E-state index in [1.165, 1.54) is 28.1 Å². The SMILES string of the molecule is Cc1cccc(N(c2ccc(C)c(C)c2)C(C)C)c1. The van der Waals surface area contributed by atoms with E-state index >= 15 is 0 Å². The van der Waals surface area contributed by atoms with Crippen molar-refractivity contribution in [2.24, 2.45) is 0 Å². The van der Waals surface area contributed by atoms with Gasteiger partial charge in [0, 0.05) is 17.4 Å². The molecule has 1 nitrogen and oxygen atoms in total. The molecule has 19 heavy (non-hydrogen) atoms. The zero-order chi connectivity index (χ0) is 14.0. The number of hydrogen-bond acceptors (Lipinski definition) is 1. The Morgan fingerprint density at radius 3 is 2.05 bits per heavy atom. The molecule has 0 radical (unpaired) electrons. The Labute approximate surface area is 116 Å². The lowest BCUT2D eigenvalue weighted by Gasteiger charge is -2.30. The van der Waals surface area contributed by atoms with Crippen molar-refractivity contribution in [2.75, 3.05) is 4.90 Å². The quantitative estimate of drug-likeness (QED) is 0.730.